The summed E-state index contributed by atoms with van der Waals surface area (Å²) in [7, 11) is 0. The molecule has 0 unspecified atom stereocenters. The normalized spacial score (nSPS) is 15.9. The summed E-state index contributed by atoms with van der Waals surface area (Å²) in [5.74, 6) is 0.122. The second-order valence-corrected chi connectivity index (χ2v) is 10.3. The van der Waals surface area contributed by atoms with E-state index < -0.39 is 0 Å². The van der Waals surface area contributed by atoms with Crippen molar-refractivity contribution in [2.45, 2.75) is 44.0 Å². The number of aliphatic imine (C=N–C) groups is 1. The van der Waals surface area contributed by atoms with Crippen molar-refractivity contribution in [1.82, 2.24) is 9.80 Å². The van der Waals surface area contributed by atoms with Gasteiger partial charge in [0.1, 0.15) is 0 Å². The van der Waals surface area contributed by atoms with Crippen LogP contribution in [0.4, 0.5) is 11.4 Å². The quantitative estimate of drug-likeness (QED) is 0.385. The zero-order chi connectivity index (χ0) is 24.7. The van der Waals surface area contributed by atoms with Crippen LogP contribution in [0.25, 0.3) is 0 Å². The minimum absolute atomic E-state index is 0.122. The monoisotopic (exact) mass is 498 g/mol. The van der Waals surface area contributed by atoms with Crippen molar-refractivity contribution >= 4 is 35.4 Å². The number of fused-ring (bicyclic) bond motifs is 1. The van der Waals surface area contributed by atoms with Crippen molar-refractivity contribution in [1.29, 1.82) is 0 Å². The highest BCUT2D eigenvalue weighted by Crippen LogP contribution is 2.35. The summed E-state index contributed by atoms with van der Waals surface area (Å²) in [5, 5.41) is 0. The van der Waals surface area contributed by atoms with Crippen LogP contribution in [0.1, 0.15) is 46.8 Å². The number of aryl methyl sites for hydroxylation is 2. The molecule has 1 fully saturated rings. The zero-order valence-corrected chi connectivity index (χ0v) is 21.8. The molecule has 0 saturated carbocycles. The highest BCUT2D eigenvalue weighted by Gasteiger charge is 2.21. The number of rotatable bonds is 7. The number of anilines is 1. The van der Waals surface area contributed by atoms with Gasteiger partial charge in [-0.3, -0.25) is 14.7 Å². The fraction of sp³-hybridized carbons (Fsp3) is 0.333. The maximum atomic E-state index is 13.2. The fourth-order valence-electron chi connectivity index (χ4n) is 4.98. The van der Waals surface area contributed by atoms with Crippen LogP contribution < -0.4 is 4.72 Å². The fourth-order valence-corrected chi connectivity index (χ4v) is 5.77. The van der Waals surface area contributed by atoms with Crippen molar-refractivity contribution < 1.29 is 4.79 Å². The molecule has 0 radical (unpaired) electrons. The lowest BCUT2D eigenvalue weighted by Crippen LogP contribution is -2.35. The van der Waals surface area contributed by atoms with Crippen LogP contribution in [-0.2, 0) is 19.4 Å². The minimum atomic E-state index is 0.122. The van der Waals surface area contributed by atoms with Gasteiger partial charge in [0, 0.05) is 50.2 Å². The molecule has 1 saturated heterocycles. The summed E-state index contributed by atoms with van der Waals surface area (Å²) in [6.45, 7) is 6.67. The molecule has 5 nitrogen and oxygen atoms in total. The van der Waals surface area contributed by atoms with Gasteiger partial charge >= 0.3 is 0 Å². The summed E-state index contributed by atoms with van der Waals surface area (Å²) < 4.78 is 3.42. The Kier molecular flexibility index (Phi) is 8.04. The third kappa shape index (κ3) is 5.82. The molecule has 186 valence electrons. The standard InChI is InChI=1S/C30H34N4OS/c1-2-23-8-3-4-9-26(23)22-33-18-7-19-34(21-20-33)30(35)25-13-15-27(16-14-25)32-36-28-12-5-10-24-11-6-17-31-29(24)28/h3-5,8-10,12-17,32H,2,6-7,11,18-22H2,1H3. The van der Waals surface area contributed by atoms with Crippen LogP contribution >= 0.6 is 11.9 Å². The van der Waals surface area contributed by atoms with E-state index in [9.17, 15) is 4.79 Å². The summed E-state index contributed by atoms with van der Waals surface area (Å²) in [4.78, 5) is 23.5. The molecule has 1 amide bonds. The first kappa shape index (κ1) is 24.6. The molecular weight excluding hydrogens is 464 g/mol. The van der Waals surface area contributed by atoms with Crippen molar-refractivity contribution in [3.63, 3.8) is 0 Å². The van der Waals surface area contributed by atoms with E-state index in [1.165, 1.54) is 16.7 Å². The molecule has 2 aliphatic rings. The van der Waals surface area contributed by atoms with E-state index >= 15 is 0 Å². The van der Waals surface area contributed by atoms with Gasteiger partial charge in [-0.05, 0) is 84.7 Å². The first-order chi connectivity index (χ1) is 17.7. The average Bonchev–Trinajstić information content (AvgIpc) is 3.17. The van der Waals surface area contributed by atoms with Gasteiger partial charge in [-0.1, -0.05) is 43.3 Å². The molecule has 0 bridgehead atoms. The van der Waals surface area contributed by atoms with Gasteiger partial charge in [0.15, 0.2) is 0 Å². The molecule has 5 rings (SSSR count). The molecule has 0 aromatic heterocycles. The summed E-state index contributed by atoms with van der Waals surface area (Å²) >= 11 is 1.57. The van der Waals surface area contributed by atoms with Crippen LogP contribution in [0, 0.1) is 0 Å². The Morgan fingerprint density at radius 3 is 2.61 bits per heavy atom. The zero-order valence-electron chi connectivity index (χ0n) is 21.0. The molecule has 0 aliphatic carbocycles. The SMILES string of the molecule is CCc1ccccc1CN1CCCN(C(=O)c2ccc(NSc3cccc4c3N=CCC4)cc2)CC1. The van der Waals surface area contributed by atoms with Crippen molar-refractivity contribution in [2.24, 2.45) is 4.99 Å². The Morgan fingerprint density at radius 2 is 1.78 bits per heavy atom. The van der Waals surface area contributed by atoms with Gasteiger partial charge in [0.2, 0.25) is 0 Å². The Morgan fingerprint density at radius 1 is 0.944 bits per heavy atom. The van der Waals surface area contributed by atoms with E-state index in [1.54, 1.807) is 11.9 Å². The molecule has 3 aromatic carbocycles. The highest BCUT2D eigenvalue weighted by atomic mass is 32.2. The van der Waals surface area contributed by atoms with Crippen molar-refractivity contribution in [3.05, 3.63) is 89.0 Å². The number of hydrogen-bond acceptors (Lipinski definition) is 5. The largest absolute Gasteiger partial charge is 0.337 e. The van der Waals surface area contributed by atoms with Crippen molar-refractivity contribution in [2.75, 3.05) is 30.9 Å². The number of para-hydroxylation sites is 1. The van der Waals surface area contributed by atoms with Gasteiger partial charge in [-0.15, -0.1) is 0 Å². The van der Waals surface area contributed by atoms with E-state index in [1.807, 2.05) is 35.4 Å². The lowest BCUT2D eigenvalue weighted by Gasteiger charge is -2.23. The summed E-state index contributed by atoms with van der Waals surface area (Å²) in [6, 6.07) is 22.9. The topological polar surface area (TPSA) is 47.9 Å². The van der Waals surface area contributed by atoms with Crippen LogP contribution in [-0.4, -0.2) is 48.1 Å². The smallest absolute Gasteiger partial charge is 0.253 e. The molecule has 36 heavy (non-hydrogen) atoms. The van der Waals surface area contributed by atoms with Gasteiger partial charge < -0.3 is 9.62 Å². The number of hydrogen-bond donors (Lipinski definition) is 1. The number of nitrogens with one attached hydrogen (secondary N) is 1. The van der Waals surface area contributed by atoms with Crippen molar-refractivity contribution in [3.8, 4) is 0 Å². The first-order valence-electron chi connectivity index (χ1n) is 13.0. The molecule has 3 aromatic rings. The van der Waals surface area contributed by atoms with Gasteiger partial charge in [-0.2, -0.15) is 0 Å². The van der Waals surface area contributed by atoms with E-state index in [0.29, 0.717) is 0 Å². The van der Waals surface area contributed by atoms with Crippen LogP contribution in [0.15, 0.2) is 76.6 Å². The number of carbonyl (C=O) groups is 1. The van der Waals surface area contributed by atoms with Crippen LogP contribution in [0.2, 0.25) is 0 Å². The Bertz CT molecular complexity index is 1220. The molecule has 0 spiro atoms. The Balaban J connectivity index is 1.16. The predicted molar refractivity (Wildman–Crippen MR) is 150 cm³/mol. The van der Waals surface area contributed by atoms with E-state index in [0.717, 1.165) is 80.2 Å². The maximum absolute atomic E-state index is 13.2. The van der Waals surface area contributed by atoms with Gasteiger partial charge in [0.25, 0.3) is 5.91 Å². The number of carbonyl (C=O) groups excluding carboxylic acids is 1. The molecular formula is C30H34N4OS. The Hall–Kier alpha value is -3.09. The second kappa shape index (κ2) is 11.8. The lowest BCUT2D eigenvalue weighted by atomic mass is 10.0. The molecule has 2 heterocycles. The first-order valence-corrected chi connectivity index (χ1v) is 13.8. The van der Waals surface area contributed by atoms with E-state index in [2.05, 4.69) is 64.0 Å². The van der Waals surface area contributed by atoms with Crippen LogP contribution in [0.3, 0.4) is 0 Å². The van der Waals surface area contributed by atoms with E-state index in [-0.39, 0.29) is 5.91 Å². The highest BCUT2D eigenvalue weighted by molar-refractivity contribution is 8.00. The third-order valence-electron chi connectivity index (χ3n) is 7.03. The minimum Gasteiger partial charge on any atom is -0.337 e. The Labute approximate surface area is 218 Å². The molecule has 2 aliphatic heterocycles. The van der Waals surface area contributed by atoms with E-state index in [4.69, 9.17) is 0 Å². The number of benzene rings is 3. The number of nitrogens with zero attached hydrogens (tertiary/aromatic N) is 3. The predicted octanol–water partition coefficient (Wildman–Crippen LogP) is 6.36. The molecule has 6 heteroatoms. The lowest BCUT2D eigenvalue weighted by molar-refractivity contribution is 0.0761. The van der Waals surface area contributed by atoms with Gasteiger partial charge in [-0.25, -0.2) is 0 Å². The molecule has 0 atom stereocenters. The summed E-state index contributed by atoms with van der Waals surface area (Å²) in [6.07, 6.45) is 6.11. The number of amides is 1. The second-order valence-electron chi connectivity index (χ2n) is 9.44. The third-order valence-corrected chi connectivity index (χ3v) is 7.91. The summed E-state index contributed by atoms with van der Waals surface area (Å²) in [5.41, 5.74) is 6.92. The van der Waals surface area contributed by atoms with Gasteiger partial charge in [0.05, 0.1) is 10.6 Å². The van der Waals surface area contributed by atoms with Crippen LogP contribution in [0.5, 0.6) is 0 Å². The molecule has 1 N–H and O–H groups in total. The maximum Gasteiger partial charge on any atom is 0.253 e. The average molecular weight is 499 g/mol.